The summed E-state index contributed by atoms with van der Waals surface area (Å²) in [7, 11) is 0. The first-order chi connectivity index (χ1) is 19.4. The molecule has 3 amide bonds. The second kappa shape index (κ2) is 13.8. The van der Waals surface area contributed by atoms with Gasteiger partial charge in [-0.05, 0) is 118 Å². The van der Waals surface area contributed by atoms with Gasteiger partial charge >= 0.3 is 12.1 Å². The van der Waals surface area contributed by atoms with E-state index in [1.165, 1.54) is 13.0 Å². The fourth-order valence-corrected chi connectivity index (χ4v) is 6.12. The molecule has 2 aromatic carbocycles. The van der Waals surface area contributed by atoms with Crippen molar-refractivity contribution in [2.24, 2.45) is 0 Å². The molecule has 0 radical (unpaired) electrons. The number of carboxylic acids is 1. The van der Waals surface area contributed by atoms with Crippen molar-refractivity contribution in [3.05, 3.63) is 47.9 Å². The molecule has 0 saturated heterocycles. The van der Waals surface area contributed by atoms with Crippen LogP contribution in [0.2, 0.25) is 0 Å². The van der Waals surface area contributed by atoms with Crippen molar-refractivity contribution in [3.8, 4) is 17.2 Å². The molecule has 228 valence electrons. The number of aromatic hydroxyl groups is 1. The first-order valence-electron chi connectivity index (χ1n) is 12.6. The van der Waals surface area contributed by atoms with Crippen LogP contribution >= 0.6 is 54.5 Å². The molecule has 0 spiro atoms. The molecule has 2 aromatic rings. The maximum absolute atomic E-state index is 13.5. The number of aliphatic hydroxyl groups excluding tert-OH is 1. The number of halogens is 3. The summed E-state index contributed by atoms with van der Waals surface area (Å²) in [6, 6.07) is 2.02. The number of phenolic OH excluding ortho intramolecular Hbond substituents is 1. The van der Waals surface area contributed by atoms with Gasteiger partial charge in [-0.25, -0.2) is 9.59 Å². The highest BCUT2D eigenvalue weighted by Gasteiger charge is 2.34. The van der Waals surface area contributed by atoms with Gasteiger partial charge in [0.25, 0.3) is 0 Å². The molecule has 6 N–H and O–H groups in total. The topological polar surface area (TPSA) is 184 Å². The van der Waals surface area contributed by atoms with E-state index in [-0.39, 0.29) is 30.1 Å². The summed E-state index contributed by atoms with van der Waals surface area (Å²) in [6.45, 7) is 6.21. The van der Waals surface area contributed by atoms with Crippen molar-refractivity contribution in [3.63, 3.8) is 0 Å². The number of amides is 3. The number of benzene rings is 2. The van der Waals surface area contributed by atoms with E-state index in [9.17, 15) is 34.5 Å². The summed E-state index contributed by atoms with van der Waals surface area (Å²) in [6.07, 6.45) is -2.62. The van der Waals surface area contributed by atoms with Crippen LogP contribution < -0.4 is 20.7 Å². The second-order valence-corrected chi connectivity index (χ2v) is 13.5. The third-order valence-electron chi connectivity index (χ3n) is 5.92. The Labute approximate surface area is 272 Å². The van der Waals surface area contributed by atoms with E-state index in [1.54, 1.807) is 39.0 Å². The van der Waals surface area contributed by atoms with Crippen LogP contribution in [0.3, 0.4) is 0 Å². The Kier molecular flexibility index (Phi) is 11.1. The average molecular weight is 827 g/mol. The number of rotatable bonds is 3. The smallest absolute Gasteiger partial charge is 0.408 e. The summed E-state index contributed by atoms with van der Waals surface area (Å²) >= 11 is 8.75. The van der Waals surface area contributed by atoms with Crippen LogP contribution in [0.4, 0.5) is 4.79 Å². The minimum Gasteiger partial charge on any atom is -0.504 e. The minimum atomic E-state index is -1.56. The van der Waals surface area contributed by atoms with Gasteiger partial charge in [0.15, 0.2) is 17.2 Å². The predicted octanol–water partition coefficient (Wildman–Crippen LogP) is 3.74. The first-order valence-corrected chi connectivity index (χ1v) is 15.3. The summed E-state index contributed by atoms with van der Waals surface area (Å²) < 4.78 is 12.6. The van der Waals surface area contributed by atoms with Crippen LogP contribution in [0.1, 0.15) is 38.8 Å². The zero-order valence-corrected chi connectivity index (χ0v) is 28.3. The number of alkyl carbamates (subject to hydrolysis) is 1. The van der Waals surface area contributed by atoms with Gasteiger partial charge in [0.1, 0.15) is 23.7 Å². The van der Waals surface area contributed by atoms with E-state index in [2.05, 4.69) is 47.8 Å². The Balaban J connectivity index is 2.16. The molecular formula is C27H30Br2IN3O9. The summed E-state index contributed by atoms with van der Waals surface area (Å²) in [5.41, 5.74) is 0.0987. The number of aliphatic hydroxyl groups is 1. The van der Waals surface area contributed by atoms with Crippen molar-refractivity contribution in [2.45, 2.75) is 70.4 Å². The summed E-state index contributed by atoms with van der Waals surface area (Å²) in [5, 5.41) is 38.2. The highest BCUT2D eigenvalue weighted by Crippen LogP contribution is 2.42. The number of aliphatic carboxylic acids is 1. The number of nitrogens with one attached hydrogen (secondary N) is 3. The van der Waals surface area contributed by atoms with Gasteiger partial charge in [0.05, 0.1) is 18.6 Å². The molecule has 4 bridgehead atoms. The number of hydrogen-bond donors (Lipinski definition) is 6. The van der Waals surface area contributed by atoms with E-state index >= 15 is 0 Å². The molecule has 1 unspecified atom stereocenters. The highest BCUT2D eigenvalue weighted by atomic mass is 127. The van der Waals surface area contributed by atoms with Crippen molar-refractivity contribution in [1.82, 2.24) is 16.0 Å². The Hall–Kier alpha value is -2.63. The maximum Gasteiger partial charge on any atom is 0.408 e. The molecule has 42 heavy (non-hydrogen) atoms. The molecule has 2 aliphatic heterocycles. The van der Waals surface area contributed by atoms with E-state index in [0.717, 1.165) is 0 Å². The van der Waals surface area contributed by atoms with Crippen LogP contribution in [0, 0.1) is 3.57 Å². The molecule has 0 aliphatic carbocycles. The second-order valence-electron chi connectivity index (χ2n) is 10.6. The van der Waals surface area contributed by atoms with E-state index in [4.69, 9.17) is 9.47 Å². The molecule has 2 heterocycles. The lowest BCUT2D eigenvalue weighted by molar-refractivity contribution is -0.143. The normalized spacial score (nSPS) is 20.4. The predicted molar refractivity (Wildman–Crippen MR) is 166 cm³/mol. The number of carboxylic acid groups (broad SMARTS) is 1. The van der Waals surface area contributed by atoms with Crippen LogP contribution in [-0.4, -0.2) is 69.0 Å². The van der Waals surface area contributed by atoms with Gasteiger partial charge in [0, 0.05) is 12.8 Å². The zero-order valence-electron chi connectivity index (χ0n) is 23.0. The summed E-state index contributed by atoms with van der Waals surface area (Å²) in [4.78, 5) is 51.4. The van der Waals surface area contributed by atoms with Crippen LogP contribution in [0.25, 0.3) is 0 Å². The molecule has 0 saturated carbocycles. The Bertz CT molecular complexity index is 1370. The van der Waals surface area contributed by atoms with Gasteiger partial charge in [-0.2, -0.15) is 0 Å². The number of hydrogen-bond acceptors (Lipinski definition) is 8. The molecule has 4 rings (SSSR count). The van der Waals surface area contributed by atoms with Crippen molar-refractivity contribution in [1.29, 1.82) is 0 Å². The van der Waals surface area contributed by atoms with Crippen LogP contribution in [0.5, 0.6) is 17.2 Å². The molecule has 0 fully saturated rings. The van der Waals surface area contributed by atoms with E-state index in [0.29, 0.717) is 23.6 Å². The number of carbonyl (C=O) groups is 4. The molecule has 15 heteroatoms. The van der Waals surface area contributed by atoms with E-state index < -0.39 is 53.7 Å². The monoisotopic (exact) mass is 825 g/mol. The molecule has 2 aliphatic rings. The van der Waals surface area contributed by atoms with Gasteiger partial charge in [-0.3, -0.25) is 9.59 Å². The first kappa shape index (κ1) is 33.9. The average Bonchev–Trinajstić information content (AvgIpc) is 2.84. The van der Waals surface area contributed by atoms with Gasteiger partial charge < -0.3 is 40.7 Å². The number of carbonyl (C=O) groups excluding carboxylic acids is 3. The third-order valence-corrected chi connectivity index (χ3v) is 7.92. The third kappa shape index (κ3) is 8.94. The van der Waals surface area contributed by atoms with Crippen LogP contribution in [0.15, 0.2) is 33.2 Å². The lowest BCUT2D eigenvalue weighted by atomic mass is 10.0. The standard InChI is InChI=1S/C27H30Br2IN3O9/c1-11(34)20-24(37)31-18(25(38)39)9-12-5-14(28)22(15(29)6-12)41-19-10-13(7-16(30)21(19)35)8-17(23(36)33-20)32-26(40)42-27(2,3)4/h5-7,10-11,17-18,20,34-35H,8-9H2,1-4H3,(H,31,37)(H,32,40)(H,33,36)(H,38,39)/t11-,17+,18?,20+/m1/s1. The lowest BCUT2D eigenvalue weighted by Crippen LogP contribution is -2.59. The fourth-order valence-electron chi connectivity index (χ4n) is 4.01. The molecule has 12 nitrogen and oxygen atoms in total. The Morgan fingerprint density at radius 3 is 2.21 bits per heavy atom. The molecule has 4 atom stereocenters. The van der Waals surface area contributed by atoms with Crippen molar-refractivity contribution < 1.29 is 44.0 Å². The summed E-state index contributed by atoms with van der Waals surface area (Å²) in [5.74, 6) is -2.97. The highest BCUT2D eigenvalue weighted by molar-refractivity contribution is 14.1. The maximum atomic E-state index is 13.5. The molecular weight excluding hydrogens is 797 g/mol. The van der Waals surface area contributed by atoms with Crippen molar-refractivity contribution in [2.75, 3.05) is 0 Å². The van der Waals surface area contributed by atoms with Crippen LogP contribution in [-0.2, 0) is 32.0 Å². The van der Waals surface area contributed by atoms with E-state index in [1.807, 2.05) is 22.6 Å². The van der Waals surface area contributed by atoms with Gasteiger partial charge in [0.2, 0.25) is 11.8 Å². The lowest BCUT2D eigenvalue weighted by Gasteiger charge is -2.27. The number of phenols is 1. The Morgan fingerprint density at radius 1 is 1.07 bits per heavy atom. The minimum absolute atomic E-state index is 0.0499. The largest absolute Gasteiger partial charge is 0.504 e. The SMILES string of the molecule is C[C@@H](O)[C@@H]1NC(=O)[C@@H](NC(=O)OC(C)(C)C)Cc2cc(I)c(O)c(c2)Oc2c(Br)cc(cc2Br)CC(C(=O)O)NC1=O. The van der Waals surface area contributed by atoms with Gasteiger partial charge in [-0.15, -0.1) is 0 Å². The fraction of sp³-hybridized carbons (Fsp3) is 0.407. The number of ether oxygens (including phenoxy) is 2. The van der Waals surface area contributed by atoms with Crippen molar-refractivity contribution >= 4 is 78.3 Å². The zero-order chi connectivity index (χ0) is 31.5. The number of fused-ring (bicyclic) bond motifs is 10. The van der Waals surface area contributed by atoms with Gasteiger partial charge in [-0.1, -0.05) is 0 Å². The molecule has 0 aromatic heterocycles. The quantitative estimate of drug-likeness (QED) is 0.251. The Morgan fingerprint density at radius 2 is 1.67 bits per heavy atom.